The lowest BCUT2D eigenvalue weighted by atomic mass is 10.1. The van der Waals surface area contributed by atoms with E-state index >= 15 is 0 Å². The van der Waals surface area contributed by atoms with Crippen LogP contribution < -0.4 is 0 Å². The van der Waals surface area contributed by atoms with Crippen LogP contribution in [0.4, 0.5) is 4.79 Å². The number of epoxide rings is 1. The summed E-state index contributed by atoms with van der Waals surface area (Å²) in [6, 6.07) is 0. The van der Waals surface area contributed by atoms with Crippen molar-refractivity contribution >= 4 is 6.09 Å². The highest BCUT2D eigenvalue weighted by Gasteiger charge is 2.34. The van der Waals surface area contributed by atoms with Crippen molar-refractivity contribution in [2.75, 3.05) is 19.8 Å². The predicted octanol–water partition coefficient (Wildman–Crippen LogP) is 2.42. The summed E-state index contributed by atoms with van der Waals surface area (Å²) in [6.45, 7) is 10.0. The molecule has 4 nitrogen and oxygen atoms in total. The average Bonchev–Trinajstić information content (AvgIpc) is 2.96. The van der Waals surface area contributed by atoms with Crippen LogP contribution in [-0.4, -0.2) is 42.4 Å². The maximum absolute atomic E-state index is 11.9. The molecule has 16 heavy (non-hydrogen) atoms. The molecule has 0 bridgehead atoms. The van der Waals surface area contributed by atoms with Crippen molar-refractivity contribution in [2.24, 2.45) is 0 Å². The minimum atomic E-state index is -0.226. The van der Waals surface area contributed by atoms with Gasteiger partial charge in [0.15, 0.2) is 0 Å². The molecule has 0 aromatic heterocycles. The summed E-state index contributed by atoms with van der Waals surface area (Å²) in [4.78, 5) is 13.6. The third-order valence-corrected chi connectivity index (χ3v) is 2.54. The van der Waals surface area contributed by atoms with E-state index in [0.29, 0.717) is 13.2 Å². The molecule has 0 N–H and O–H groups in total. The minimum absolute atomic E-state index is 0.206. The molecule has 0 radical (unpaired) electrons. The van der Waals surface area contributed by atoms with Crippen LogP contribution >= 0.6 is 0 Å². The Morgan fingerprint density at radius 2 is 2.12 bits per heavy atom. The van der Waals surface area contributed by atoms with Gasteiger partial charge >= 0.3 is 6.09 Å². The Kier molecular flexibility index (Phi) is 4.59. The fourth-order valence-corrected chi connectivity index (χ4v) is 1.38. The molecule has 1 amide bonds. The molecular formula is C12H23NO3. The number of carbonyl (C=O) groups is 1. The van der Waals surface area contributed by atoms with Crippen molar-refractivity contribution in [1.29, 1.82) is 0 Å². The summed E-state index contributed by atoms with van der Waals surface area (Å²) in [6.07, 6.45) is 1.94. The van der Waals surface area contributed by atoms with Crippen molar-refractivity contribution in [3.63, 3.8) is 0 Å². The molecule has 1 rings (SSSR count). The van der Waals surface area contributed by atoms with Crippen molar-refractivity contribution in [3.05, 3.63) is 0 Å². The monoisotopic (exact) mass is 229 g/mol. The minimum Gasteiger partial charge on any atom is -0.449 e. The molecular weight excluding hydrogens is 206 g/mol. The zero-order chi connectivity index (χ0) is 12.2. The molecule has 0 aromatic carbocycles. The highest BCUT2D eigenvalue weighted by molar-refractivity contribution is 5.68. The molecule has 4 heteroatoms. The van der Waals surface area contributed by atoms with Crippen molar-refractivity contribution in [3.8, 4) is 0 Å². The molecule has 94 valence electrons. The van der Waals surface area contributed by atoms with Gasteiger partial charge < -0.3 is 14.4 Å². The molecule has 1 unspecified atom stereocenters. The van der Waals surface area contributed by atoms with Gasteiger partial charge in [-0.15, -0.1) is 0 Å². The zero-order valence-electron chi connectivity index (χ0n) is 10.8. The van der Waals surface area contributed by atoms with E-state index in [2.05, 4.69) is 6.92 Å². The maximum Gasteiger partial charge on any atom is 0.410 e. The molecule has 0 spiro atoms. The van der Waals surface area contributed by atoms with Crippen LogP contribution in [0, 0.1) is 0 Å². The van der Waals surface area contributed by atoms with Gasteiger partial charge in [-0.25, -0.2) is 4.79 Å². The van der Waals surface area contributed by atoms with Gasteiger partial charge in [0.05, 0.1) is 25.9 Å². The fraction of sp³-hybridized carbons (Fsp3) is 0.917. The molecule has 1 aliphatic heterocycles. The van der Waals surface area contributed by atoms with Crippen LogP contribution in [0.2, 0.25) is 0 Å². The Morgan fingerprint density at radius 3 is 2.56 bits per heavy atom. The van der Waals surface area contributed by atoms with Crippen LogP contribution in [0.3, 0.4) is 0 Å². The first-order valence-electron chi connectivity index (χ1n) is 6.01. The Morgan fingerprint density at radius 1 is 1.50 bits per heavy atom. The van der Waals surface area contributed by atoms with E-state index in [4.69, 9.17) is 9.47 Å². The summed E-state index contributed by atoms with van der Waals surface area (Å²) in [5.41, 5.74) is -0.213. The van der Waals surface area contributed by atoms with Crippen LogP contribution in [0.15, 0.2) is 0 Å². The summed E-state index contributed by atoms with van der Waals surface area (Å²) in [5.74, 6) is 0. The number of nitrogens with zero attached hydrogens (tertiary/aromatic N) is 1. The summed E-state index contributed by atoms with van der Waals surface area (Å²) < 4.78 is 10.4. The van der Waals surface area contributed by atoms with Gasteiger partial charge in [-0.1, -0.05) is 13.3 Å². The second-order valence-corrected chi connectivity index (χ2v) is 5.20. The summed E-state index contributed by atoms with van der Waals surface area (Å²) in [5, 5.41) is 0. The Hall–Kier alpha value is -0.770. The molecule has 1 fully saturated rings. The Balaban J connectivity index is 2.43. The van der Waals surface area contributed by atoms with Gasteiger partial charge in [0, 0.05) is 5.54 Å². The molecule has 1 saturated heterocycles. The molecule has 0 aliphatic carbocycles. The van der Waals surface area contributed by atoms with E-state index in [1.807, 2.05) is 20.8 Å². The third-order valence-electron chi connectivity index (χ3n) is 2.54. The number of hydrogen-bond donors (Lipinski definition) is 0. The lowest BCUT2D eigenvalue weighted by Crippen LogP contribution is -2.47. The maximum atomic E-state index is 11.9. The first kappa shape index (κ1) is 13.3. The lowest BCUT2D eigenvalue weighted by Gasteiger charge is -2.34. The molecule has 1 atom stereocenters. The first-order valence-corrected chi connectivity index (χ1v) is 6.01. The first-order chi connectivity index (χ1) is 7.45. The smallest absolute Gasteiger partial charge is 0.410 e. The number of carbonyl (C=O) groups excluding carboxylic acids is 1. The van der Waals surface area contributed by atoms with Crippen LogP contribution in [0.1, 0.15) is 40.5 Å². The number of hydrogen-bond acceptors (Lipinski definition) is 3. The standard InChI is InChI=1S/C12H23NO3/c1-5-6-7-15-11(14)13(12(2,3)4)8-10-9-16-10/h10H,5-9H2,1-4H3. The topological polar surface area (TPSA) is 42.1 Å². The van der Waals surface area contributed by atoms with E-state index in [9.17, 15) is 4.79 Å². The Labute approximate surface area is 97.9 Å². The number of unbranched alkanes of at least 4 members (excludes halogenated alkanes) is 1. The third kappa shape index (κ3) is 4.39. The fourth-order valence-electron chi connectivity index (χ4n) is 1.38. The normalized spacial score (nSPS) is 19.4. The number of rotatable bonds is 5. The molecule has 1 aliphatic rings. The van der Waals surface area contributed by atoms with E-state index in [-0.39, 0.29) is 17.7 Å². The Bertz CT molecular complexity index is 231. The van der Waals surface area contributed by atoms with Gasteiger partial charge in [0.1, 0.15) is 0 Å². The van der Waals surface area contributed by atoms with Gasteiger partial charge in [0.2, 0.25) is 0 Å². The van der Waals surface area contributed by atoms with Gasteiger partial charge in [-0.3, -0.25) is 0 Å². The molecule has 0 saturated carbocycles. The lowest BCUT2D eigenvalue weighted by molar-refractivity contribution is 0.0630. The van der Waals surface area contributed by atoms with Crippen LogP contribution in [-0.2, 0) is 9.47 Å². The van der Waals surface area contributed by atoms with Crippen LogP contribution in [0.25, 0.3) is 0 Å². The average molecular weight is 229 g/mol. The van der Waals surface area contributed by atoms with Crippen molar-refractivity contribution in [2.45, 2.75) is 52.2 Å². The van der Waals surface area contributed by atoms with Crippen molar-refractivity contribution in [1.82, 2.24) is 4.90 Å². The van der Waals surface area contributed by atoms with E-state index in [0.717, 1.165) is 19.4 Å². The second-order valence-electron chi connectivity index (χ2n) is 5.20. The number of amides is 1. The quantitative estimate of drug-likeness (QED) is 0.537. The predicted molar refractivity (Wildman–Crippen MR) is 62.5 cm³/mol. The molecule has 0 aromatic rings. The van der Waals surface area contributed by atoms with Crippen LogP contribution in [0.5, 0.6) is 0 Å². The zero-order valence-corrected chi connectivity index (χ0v) is 10.8. The van der Waals surface area contributed by atoms with E-state index in [1.165, 1.54) is 0 Å². The van der Waals surface area contributed by atoms with Gasteiger partial charge in [-0.2, -0.15) is 0 Å². The summed E-state index contributed by atoms with van der Waals surface area (Å²) in [7, 11) is 0. The van der Waals surface area contributed by atoms with E-state index < -0.39 is 0 Å². The largest absolute Gasteiger partial charge is 0.449 e. The highest BCUT2D eigenvalue weighted by atomic mass is 16.6. The van der Waals surface area contributed by atoms with Crippen molar-refractivity contribution < 1.29 is 14.3 Å². The highest BCUT2D eigenvalue weighted by Crippen LogP contribution is 2.20. The van der Waals surface area contributed by atoms with E-state index in [1.54, 1.807) is 4.90 Å². The number of ether oxygens (including phenoxy) is 2. The molecule has 1 heterocycles. The summed E-state index contributed by atoms with van der Waals surface area (Å²) >= 11 is 0. The van der Waals surface area contributed by atoms with Gasteiger partial charge in [0.25, 0.3) is 0 Å². The van der Waals surface area contributed by atoms with Gasteiger partial charge in [-0.05, 0) is 27.2 Å². The SMILES string of the molecule is CCCCOC(=O)N(CC1CO1)C(C)(C)C. The second kappa shape index (κ2) is 5.53.